The molecule has 4 rings (SSSR count). The number of nitrogens with zero attached hydrogens (tertiary/aromatic N) is 3. The maximum atomic E-state index is 13.4. The minimum atomic E-state index is -0.0736. The second-order valence-corrected chi connectivity index (χ2v) is 8.52. The Morgan fingerprint density at radius 2 is 2.03 bits per heavy atom. The number of halogens is 2. The van der Waals surface area contributed by atoms with Crippen LogP contribution in [0.5, 0.6) is 0 Å². The normalized spacial score (nSPS) is 14.5. The molecule has 0 atom stereocenters. The highest BCUT2D eigenvalue weighted by atomic mass is 35.5. The van der Waals surface area contributed by atoms with Crippen LogP contribution in [0.15, 0.2) is 42.5 Å². The minimum Gasteiger partial charge on any atom is -0.379 e. The van der Waals surface area contributed by atoms with Gasteiger partial charge in [-0.15, -0.1) is 12.4 Å². The maximum absolute atomic E-state index is 13.4. The average molecular weight is 466 g/mol. The SMILES string of the molecule is CCc1ccc2nc(N(CCN3CCOCC3)C(=O)c3cccc(Cl)c3)sc2c1.Cl. The molecular weight excluding hydrogens is 441 g/mol. The van der Waals surface area contributed by atoms with E-state index in [-0.39, 0.29) is 18.3 Å². The standard InChI is InChI=1S/C22H24ClN3O2S.ClH/c1-2-16-6-7-19-20(14-16)29-22(24-19)26(9-8-25-10-12-28-13-11-25)21(27)17-4-3-5-18(23)15-17;/h3-7,14-15H,2,8-13H2,1H3;1H. The van der Waals surface area contributed by atoms with Crippen molar-refractivity contribution in [3.05, 3.63) is 58.6 Å². The molecule has 1 aliphatic rings. The van der Waals surface area contributed by atoms with Crippen molar-refractivity contribution in [2.75, 3.05) is 44.3 Å². The van der Waals surface area contributed by atoms with Gasteiger partial charge in [0.05, 0.1) is 23.4 Å². The van der Waals surface area contributed by atoms with E-state index in [1.807, 2.05) is 12.1 Å². The second-order valence-electron chi connectivity index (χ2n) is 7.07. The fourth-order valence-corrected chi connectivity index (χ4v) is 4.66. The smallest absolute Gasteiger partial charge is 0.260 e. The predicted molar refractivity (Wildman–Crippen MR) is 127 cm³/mol. The zero-order valence-electron chi connectivity index (χ0n) is 16.8. The zero-order chi connectivity index (χ0) is 20.2. The van der Waals surface area contributed by atoms with Crippen molar-refractivity contribution >= 4 is 56.6 Å². The lowest BCUT2D eigenvalue weighted by Crippen LogP contribution is -2.43. The number of thiazole rings is 1. The number of aromatic nitrogens is 1. The van der Waals surface area contributed by atoms with Gasteiger partial charge in [0.15, 0.2) is 5.13 Å². The zero-order valence-corrected chi connectivity index (χ0v) is 19.2. The summed E-state index contributed by atoms with van der Waals surface area (Å²) in [5.74, 6) is -0.0736. The average Bonchev–Trinajstić information content (AvgIpc) is 3.17. The number of anilines is 1. The molecule has 2 heterocycles. The van der Waals surface area contributed by atoms with Crippen LogP contribution in [-0.2, 0) is 11.2 Å². The van der Waals surface area contributed by atoms with Crippen LogP contribution < -0.4 is 4.90 Å². The van der Waals surface area contributed by atoms with Gasteiger partial charge < -0.3 is 4.74 Å². The van der Waals surface area contributed by atoms with Gasteiger partial charge in [0.1, 0.15) is 0 Å². The molecule has 1 fully saturated rings. The second kappa shape index (κ2) is 10.6. The summed E-state index contributed by atoms with van der Waals surface area (Å²) >= 11 is 7.70. The van der Waals surface area contributed by atoms with E-state index >= 15 is 0 Å². The molecule has 0 unspecified atom stereocenters. The van der Waals surface area contributed by atoms with Crippen molar-refractivity contribution in [1.82, 2.24) is 9.88 Å². The molecule has 30 heavy (non-hydrogen) atoms. The molecule has 1 aliphatic heterocycles. The summed E-state index contributed by atoms with van der Waals surface area (Å²) in [6.07, 6.45) is 0.978. The van der Waals surface area contributed by atoms with Crippen molar-refractivity contribution < 1.29 is 9.53 Å². The maximum Gasteiger partial charge on any atom is 0.260 e. The molecule has 1 aromatic heterocycles. The molecular formula is C22H25Cl2N3O2S. The fourth-order valence-electron chi connectivity index (χ4n) is 3.42. The van der Waals surface area contributed by atoms with Gasteiger partial charge in [0, 0.05) is 36.8 Å². The molecule has 0 bridgehead atoms. The number of carbonyl (C=O) groups excluding carboxylic acids is 1. The summed E-state index contributed by atoms with van der Waals surface area (Å²) in [5.41, 5.74) is 2.78. The number of morpholine rings is 1. The van der Waals surface area contributed by atoms with Gasteiger partial charge in [-0.25, -0.2) is 4.98 Å². The van der Waals surface area contributed by atoms with Crippen molar-refractivity contribution in [1.29, 1.82) is 0 Å². The van der Waals surface area contributed by atoms with Crippen LogP contribution in [0.4, 0.5) is 5.13 Å². The summed E-state index contributed by atoms with van der Waals surface area (Å²) in [7, 11) is 0. The molecule has 0 saturated carbocycles. The van der Waals surface area contributed by atoms with Crippen LogP contribution in [-0.4, -0.2) is 55.2 Å². The summed E-state index contributed by atoms with van der Waals surface area (Å²) in [5, 5.41) is 1.28. The van der Waals surface area contributed by atoms with Crippen LogP contribution in [0.3, 0.4) is 0 Å². The summed E-state index contributed by atoms with van der Waals surface area (Å²) in [4.78, 5) is 22.2. The highest BCUT2D eigenvalue weighted by molar-refractivity contribution is 7.22. The number of aryl methyl sites for hydroxylation is 1. The Bertz CT molecular complexity index is 1000. The van der Waals surface area contributed by atoms with Gasteiger partial charge in [-0.05, 0) is 42.3 Å². The predicted octanol–water partition coefficient (Wildman–Crippen LogP) is 4.91. The number of carbonyl (C=O) groups is 1. The van der Waals surface area contributed by atoms with E-state index in [0.29, 0.717) is 17.1 Å². The van der Waals surface area contributed by atoms with E-state index in [2.05, 4.69) is 24.0 Å². The molecule has 3 aromatic rings. The first kappa shape index (κ1) is 23.0. The van der Waals surface area contributed by atoms with Crippen LogP contribution in [0.1, 0.15) is 22.8 Å². The van der Waals surface area contributed by atoms with Crippen LogP contribution in [0.25, 0.3) is 10.2 Å². The molecule has 160 valence electrons. The third-order valence-electron chi connectivity index (χ3n) is 5.14. The highest BCUT2D eigenvalue weighted by Crippen LogP contribution is 2.31. The number of rotatable bonds is 6. The number of benzene rings is 2. The Kier molecular flexibility index (Phi) is 8.08. The number of hydrogen-bond acceptors (Lipinski definition) is 5. The lowest BCUT2D eigenvalue weighted by Gasteiger charge is -2.29. The van der Waals surface area contributed by atoms with E-state index in [0.717, 1.165) is 54.6 Å². The van der Waals surface area contributed by atoms with Crippen LogP contribution >= 0.6 is 35.3 Å². The van der Waals surface area contributed by atoms with E-state index in [1.54, 1.807) is 34.4 Å². The monoisotopic (exact) mass is 465 g/mol. The number of amides is 1. The molecule has 1 saturated heterocycles. The Morgan fingerprint density at radius 1 is 1.23 bits per heavy atom. The summed E-state index contributed by atoms with van der Waals surface area (Å²) in [6.45, 7) is 6.75. The highest BCUT2D eigenvalue weighted by Gasteiger charge is 2.23. The van der Waals surface area contributed by atoms with E-state index in [4.69, 9.17) is 21.3 Å². The largest absolute Gasteiger partial charge is 0.379 e. The molecule has 0 aliphatic carbocycles. The first-order valence-corrected chi connectivity index (χ1v) is 11.1. The van der Waals surface area contributed by atoms with Crippen molar-refractivity contribution in [3.63, 3.8) is 0 Å². The lowest BCUT2D eigenvalue weighted by molar-refractivity contribution is 0.0391. The van der Waals surface area contributed by atoms with Gasteiger partial charge >= 0.3 is 0 Å². The lowest BCUT2D eigenvalue weighted by atomic mass is 10.2. The molecule has 0 spiro atoms. The topological polar surface area (TPSA) is 45.7 Å². The Hall–Kier alpha value is -1.70. The molecule has 0 radical (unpaired) electrons. The molecule has 0 N–H and O–H groups in total. The van der Waals surface area contributed by atoms with Crippen LogP contribution in [0, 0.1) is 0 Å². The van der Waals surface area contributed by atoms with E-state index < -0.39 is 0 Å². The van der Waals surface area contributed by atoms with Crippen molar-refractivity contribution in [2.45, 2.75) is 13.3 Å². The molecule has 1 amide bonds. The number of hydrogen-bond donors (Lipinski definition) is 0. The van der Waals surface area contributed by atoms with E-state index in [1.165, 1.54) is 5.56 Å². The Balaban J connectivity index is 0.00000256. The minimum absolute atomic E-state index is 0. The number of fused-ring (bicyclic) bond motifs is 1. The molecule has 8 heteroatoms. The van der Waals surface area contributed by atoms with Gasteiger partial charge in [0.25, 0.3) is 5.91 Å². The first-order valence-electron chi connectivity index (χ1n) is 9.91. The van der Waals surface area contributed by atoms with Crippen LogP contribution in [0.2, 0.25) is 5.02 Å². The first-order chi connectivity index (χ1) is 14.1. The fraction of sp³-hybridized carbons (Fsp3) is 0.364. The summed E-state index contributed by atoms with van der Waals surface area (Å²) in [6, 6.07) is 13.4. The van der Waals surface area contributed by atoms with E-state index in [9.17, 15) is 4.79 Å². The van der Waals surface area contributed by atoms with Crippen molar-refractivity contribution in [2.24, 2.45) is 0 Å². The van der Waals surface area contributed by atoms with Crippen molar-refractivity contribution in [3.8, 4) is 0 Å². The van der Waals surface area contributed by atoms with Gasteiger partial charge in [-0.1, -0.05) is 42.0 Å². The Morgan fingerprint density at radius 3 is 2.77 bits per heavy atom. The molecule has 2 aromatic carbocycles. The molecule has 5 nitrogen and oxygen atoms in total. The quantitative estimate of drug-likeness (QED) is 0.518. The van der Waals surface area contributed by atoms with Gasteiger partial charge in [-0.3, -0.25) is 14.6 Å². The summed E-state index contributed by atoms with van der Waals surface area (Å²) < 4.78 is 6.54. The van der Waals surface area contributed by atoms with Gasteiger partial charge in [0.2, 0.25) is 0 Å². The third kappa shape index (κ3) is 5.31. The number of ether oxygens (including phenoxy) is 1. The third-order valence-corrected chi connectivity index (χ3v) is 6.42. The van der Waals surface area contributed by atoms with Gasteiger partial charge in [-0.2, -0.15) is 0 Å². The Labute approximate surface area is 192 Å².